The van der Waals surface area contributed by atoms with Crippen molar-refractivity contribution in [2.45, 2.75) is 10.1 Å². The Morgan fingerprint density at radius 3 is 3.36 bits per heavy atom. The molecule has 58 valence electrons. The first-order valence-electron chi connectivity index (χ1n) is 3.08. The van der Waals surface area contributed by atoms with Gasteiger partial charge in [0.2, 0.25) is 0 Å². The maximum absolute atomic E-state index is 10.6. The molecule has 0 fully saturated rings. The molecule has 1 atom stereocenters. The van der Waals surface area contributed by atoms with Crippen LogP contribution in [0.2, 0.25) is 0 Å². The van der Waals surface area contributed by atoms with Crippen LogP contribution in [0.15, 0.2) is 9.72 Å². The summed E-state index contributed by atoms with van der Waals surface area (Å²) in [6, 6.07) is 0. The lowest BCUT2D eigenvalue weighted by atomic mass is 10.1. The first kappa shape index (κ1) is 7.12. The smallest absolute Gasteiger partial charge is 0.313 e. The Morgan fingerprint density at radius 2 is 2.64 bits per heavy atom. The number of nitrogens with zero attached hydrogens (tertiary/aromatic N) is 1. The summed E-state index contributed by atoms with van der Waals surface area (Å²) in [4.78, 5) is 14.6. The van der Waals surface area contributed by atoms with Crippen molar-refractivity contribution in [1.29, 1.82) is 0 Å². The summed E-state index contributed by atoms with van der Waals surface area (Å²) in [6.07, 6.45) is 0. The molecule has 0 aliphatic carbocycles. The zero-order valence-corrected chi connectivity index (χ0v) is 7.11. The highest BCUT2D eigenvalue weighted by Gasteiger charge is 2.31. The van der Waals surface area contributed by atoms with E-state index in [-0.39, 0.29) is 5.92 Å². The van der Waals surface area contributed by atoms with Crippen LogP contribution in [0.1, 0.15) is 11.6 Å². The van der Waals surface area contributed by atoms with Crippen LogP contribution in [0.3, 0.4) is 0 Å². The molecule has 1 aliphatic heterocycles. The minimum Gasteiger partial charge on any atom is -0.481 e. The Bertz CT molecular complexity index is 297. The lowest BCUT2D eigenvalue weighted by Gasteiger charge is -1.98. The number of thioether (sulfide) groups is 1. The topological polar surface area (TPSA) is 50.2 Å². The van der Waals surface area contributed by atoms with Gasteiger partial charge in [0.25, 0.3) is 0 Å². The third-order valence-corrected chi connectivity index (χ3v) is 3.82. The minimum atomic E-state index is -0.762. The number of carboxylic acid groups (broad SMARTS) is 1. The molecule has 0 radical (unpaired) electrons. The zero-order chi connectivity index (χ0) is 7.84. The summed E-state index contributed by atoms with van der Waals surface area (Å²) in [7, 11) is 0. The summed E-state index contributed by atoms with van der Waals surface area (Å²) in [5.74, 6) is -0.493. The van der Waals surface area contributed by atoms with Crippen LogP contribution in [0.5, 0.6) is 0 Å². The monoisotopic (exact) mass is 187 g/mol. The van der Waals surface area contributed by atoms with Gasteiger partial charge in [-0.05, 0) is 0 Å². The van der Waals surface area contributed by atoms with Crippen molar-refractivity contribution in [2.75, 3.05) is 5.75 Å². The second-order valence-electron chi connectivity index (χ2n) is 2.23. The predicted octanol–water partition coefficient (Wildman–Crippen LogP) is 1.42. The van der Waals surface area contributed by atoms with E-state index in [0.717, 1.165) is 9.90 Å². The maximum atomic E-state index is 10.6. The van der Waals surface area contributed by atoms with Gasteiger partial charge in [-0.25, -0.2) is 4.98 Å². The van der Waals surface area contributed by atoms with E-state index in [0.29, 0.717) is 5.75 Å². The van der Waals surface area contributed by atoms with Crippen LogP contribution >= 0.6 is 23.1 Å². The van der Waals surface area contributed by atoms with Gasteiger partial charge >= 0.3 is 5.97 Å². The Kier molecular flexibility index (Phi) is 1.61. The van der Waals surface area contributed by atoms with E-state index in [1.54, 1.807) is 17.3 Å². The van der Waals surface area contributed by atoms with Gasteiger partial charge in [0.1, 0.15) is 5.92 Å². The highest BCUT2D eigenvalue weighted by atomic mass is 32.2. The predicted molar refractivity (Wildman–Crippen MR) is 43.2 cm³/mol. The number of aromatic nitrogens is 1. The fraction of sp³-hybridized carbons (Fsp3) is 0.333. The average Bonchev–Trinajstić information content (AvgIpc) is 2.41. The van der Waals surface area contributed by atoms with Crippen molar-refractivity contribution >= 4 is 29.1 Å². The summed E-state index contributed by atoms with van der Waals surface area (Å²) >= 11 is 3.11. The Balaban J connectivity index is 2.38. The van der Waals surface area contributed by atoms with E-state index in [2.05, 4.69) is 4.98 Å². The Morgan fingerprint density at radius 1 is 1.82 bits per heavy atom. The van der Waals surface area contributed by atoms with E-state index in [1.807, 2.05) is 0 Å². The first-order valence-corrected chi connectivity index (χ1v) is 4.94. The molecule has 5 heteroatoms. The van der Waals surface area contributed by atoms with Crippen molar-refractivity contribution < 1.29 is 9.90 Å². The van der Waals surface area contributed by atoms with Gasteiger partial charge in [0.05, 0.1) is 15.4 Å². The lowest BCUT2D eigenvalue weighted by molar-refractivity contribution is -0.138. The molecule has 1 N–H and O–H groups in total. The molecular formula is C6H5NO2S2. The van der Waals surface area contributed by atoms with E-state index >= 15 is 0 Å². The third-order valence-electron chi connectivity index (χ3n) is 1.57. The number of fused-ring (bicyclic) bond motifs is 1. The SMILES string of the molecule is O=C(O)C1CSc2scnc21. The van der Waals surface area contributed by atoms with Crippen molar-refractivity contribution in [2.24, 2.45) is 0 Å². The van der Waals surface area contributed by atoms with Crippen LogP contribution in [0, 0.1) is 0 Å². The number of hydrogen-bond acceptors (Lipinski definition) is 4. The molecule has 0 saturated heterocycles. The van der Waals surface area contributed by atoms with Gasteiger partial charge in [-0.3, -0.25) is 4.79 Å². The van der Waals surface area contributed by atoms with Crippen molar-refractivity contribution in [3.63, 3.8) is 0 Å². The van der Waals surface area contributed by atoms with Crippen molar-refractivity contribution in [3.8, 4) is 0 Å². The maximum Gasteiger partial charge on any atom is 0.313 e. The normalized spacial score (nSPS) is 21.6. The molecule has 1 aliphatic rings. The molecule has 1 aromatic heterocycles. The molecule has 2 heterocycles. The molecule has 0 spiro atoms. The first-order chi connectivity index (χ1) is 5.29. The molecule has 0 aromatic carbocycles. The summed E-state index contributed by atoms with van der Waals surface area (Å²) in [5.41, 5.74) is 2.46. The Labute approximate surface area is 71.5 Å². The fourth-order valence-corrected chi connectivity index (χ4v) is 3.15. The van der Waals surface area contributed by atoms with Crippen molar-refractivity contribution in [1.82, 2.24) is 4.98 Å². The average molecular weight is 187 g/mol. The third kappa shape index (κ3) is 1.04. The van der Waals surface area contributed by atoms with Gasteiger partial charge in [-0.1, -0.05) is 0 Å². The van der Waals surface area contributed by atoms with E-state index in [1.165, 1.54) is 11.3 Å². The second-order valence-corrected chi connectivity index (χ2v) is 4.37. The van der Waals surface area contributed by atoms with Gasteiger partial charge in [-0.2, -0.15) is 0 Å². The van der Waals surface area contributed by atoms with E-state index in [4.69, 9.17) is 5.11 Å². The molecule has 0 bridgehead atoms. The molecule has 0 saturated carbocycles. The molecule has 11 heavy (non-hydrogen) atoms. The molecule has 2 rings (SSSR count). The number of carboxylic acids is 1. The Hall–Kier alpha value is -0.550. The van der Waals surface area contributed by atoms with E-state index < -0.39 is 5.97 Å². The van der Waals surface area contributed by atoms with Crippen molar-refractivity contribution in [3.05, 3.63) is 11.2 Å². The standard InChI is InChI=1S/C6H5NO2S2/c8-5(9)3-1-10-6-4(3)7-2-11-6/h2-3H,1H2,(H,8,9). The molecular weight excluding hydrogens is 182 g/mol. The van der Waals surface area contributed by atoms with Crippen LogP contribution in [-0.2, 0) is 4.79 Å². The lowest BCUT2D eigenvalue weighted by Crippen LogP contribution is -2.10. The minimum absolute atomic E-state index is 0.374. The highest BCUT2D eigenvalue weighted by Crippen LogP contribution is 2.41. The second kappa shape index (κ2) is 2.49. The summed E-state index contributed by atoms with van der Waals surface area (Å²) in [6.45, 7) is 0. The highest BCUT2D eigenvalue weighted by molar-refractivity contribution is 8.01. The van der Waals surface area contributed by atoms with Gasteiger partial charge in [0.15, 0.2) is 0 Å². The fourth-order valence-electron chi connectivity index (χ4n) is 1.01. The van der Waals surface area contributed by atoms with Gasteiger partial charge < -0.3 is 5.11 Å². The van der Waals surface area contributed by atoms with Gasteiger partial charge in [-0.15, -0.1) is 23.1 Å². The van der Waals surface area contributed by atoms with Crippen LogP contribution < -0.4 is 0 Å². The summed E-state index contributed by atoms with van der Waals surface area (Å²) in [5, 5.41) is 8.73. The molecule has 1 aromatic rings. The quantitative estimate of drug-likeness (QED) is 0.722. The largest absolute Gasteiger partial charge is 0.481 e. The summed E-state index contributed by atoms with van der Waals surface area (Å²) < 4.78 is 1.07. The van der Waals surface area contributed by atoms with Crippen LogP contribution in [0.4, 0.5) is 0 Å². The zero-order valence-electron chi connectivity index (χ0n) is 5.48. The molecule has 3 nitrogen and oxygen atoms in total. The number of rotatable bonds is 1. The van der Waals surface area contributed by atoms with Crippen LogP contribution in [-0.4, -0.2) is 21.8 Å². The molecule has 0 amide bonds. The number of hydrogen-bond donors (Lipinski definition) is 1. The molecule has 1 unspecified atom stereocenters. The van der Waals surface area contributed by atoms with Crippen LogP contribution in [0.25, 0.3) is 0 Å². The number of thiazole rings is 1. The number of carbonyl (C=O) groups is 1. The number of aliphatic carboxylic acids is 1. The van der Waals surface area contributed by atoms with E-state index in [9.17, 15) is 4.79 Å². The van der Waals surface area contributed by atoms with Gasteiger partial charge in [0, 0.05) is 5.75 Å².